The number of phenolic OH excluding ortho intramolecular Hbond substituents is 1. The van der Waals surface area contributed by atoms with Crippen molar-refractivity contribution in [1.29, 1.82) is 0 Å². The molecule has 1 aliphatic heterocycles. The van der Waals surface area contributed by atoms with Gasteiger partial charge in [0.15, 0.2) is 0 Å². The maximum absolute atomic E-state index is 12.2. The molecule has 0 saturated carbocycles. The number of amides is 1. The van der Waals surface area contributed by atoms with E-state index >= 15 is 0 Å². The van der Waals surface area contributed by atoms with Crippen molar-refractivity contribution >= 4 is 66.6 Å². The Labute approximate surface area is 171 Å². The monoisotopic (exact) mass is 503 g/mol. The average molecular weight is 505 g/mol. The maximum atomic E-state index is 12.2. The molecule has 0 atom stereocenters. The van der Waals surface area contributed by atoms with Crippen LogP contribution in [0.5, 0.6) is 5.75 Å². The zero-order valence-electron chi connectivity index (χ0n) is 13.9. The summed E-state index contributed by atoms with van der Waals surface area (Å²) in [5.41, 5.74) is 0.531. The molecule has 0 radical (unpaired) electrons. The normalized spacial score (nSPS) is 17.2. The van der Waals surface area contributed by atoms with Gasteiger partial charge in [0.05, 0.1) is 20.5 Å². The van der Waals surface area contributed by atoms with Gasteiger partial charge in [-0.05, 0) is 62.6 Å². The van der Waals surface area contributed by atoms with Crippen LogP contribution in [0.25, 0.3) is 6.08 Å². The van der Waals surface area contributed by atoms with Crippen LogP contribution in [0.3, 0.4) is 0 Å². The van der Waals surface area contributed by atoms with Crippen LogP contribution in [-0.2, 0) is 14.3 Å². The number of thioether (sulfide) groups is 1. The van der Waals surface area contributed by atoms with E-state index in [9.17, 15) is 19.8 Å². The highest BCUT2D eigenvalue weighted by Gasteiger charge is 2.33. The minimum Gasteiger partial charge on any atom is -0.506 e. The number of phenols is 1. The number of hydrogen-bond donors (Lipinski definition) is 2. The van der Waals surface area contributed by atoms with E-state index in [1.807, 2.05) is 0 Å². The van der Waals surface area contributed by atoms with Gasteiger partial charge in [0.1, 0.15) is 22.1 Å². The van der Waals surface area contributed by atoms with E-state index in [1.54, 1.807) is 32.1 Å². The van der Waals surface area contributed by atoms with Crippen molar-refractivity contribution < 1.29 is 24.5 Å². The lowest BCUT2D eigenvalue weighted by Crippen LogP contribution is -2.14. The molecule has 0 saturated heterocycles. The number of aliphatic hydroxyl groups is 1. The lowest BCUT2D eigenvalue weighted by molar-refractivity contribution is -0.138. The molecular weight excluding hydrogens is 490 g/mol. The first-order valence-corrected chi connectivity index (χ1v) is 9.98. The number of carbonyl (C=O) groups is 2. The summed E-state index contributed by atoms with van der Waals surface area (Å²) in [6.45, 7) is 3.43. The molecule has 138 valence electrons. The number of aliphatic imine (C=N–C) groups is 1. The van der Waals surface area contributed by atoms with Gasteiger partial charge in [0.2, 0.25) is 5.91 Å². The zero-order valence-corrected chi connectivity index (χ0v) is 17.9. The zero-order chi connectivity index (χ0) is 19.4. The van der Waals surface area contributed by atoms with Gasteiger partial charge >= 0.3 is 5.97 Å². The van der Waals surface area contributed by atoms with Crippen molar-refractivity contribution in [3.05, 3.63) is 42.9 Å². The third-order valence-corrected chi connectivity index (χ3v) is 5.46. The highest BCUT2D eigenvalue weighted by atomic mass is 79.9. The minimum atomic E-state index is -0.739. The molecule has 1 heterocycles. The summed E-state index contributed by atoms with van der Waals surface area (Å²) in [5, 5.41) is 20.4. The van der Waals surface area contributed by atoms with Crippen LogP contribution in [0.1, 0.15) is 25.8 Å². The van der Waals surface area contributed by atoms with Gasteiger partial charge in [-0.15, -0.1) is 0 Å². The smallest absolute Gasteiger partial charge is 0.344 e. The number of hydrogen-bond acceptors (Lipinski definition) is 6. The lowest BCUT2D eigenvalue weighted by Gasteiger charge is -2.04. The first-order chi connectivity index (χ1) is 12.3. The van der Waals surface area contributed by atoms with Gasteiger partial charge in [-0.1, -0.05) is 18.7 Å². The van der Waals surface area contributed by atoms with Crippen molar-refractivity contribution in [2.24, 2.45) is 4.99 Å². The summed E-state index contributed by atoms with van der Waals surface area (Å²) in [6, 6.07) is 3.30. The first-order valence-electron chi connectivity index (χ1n) is 7.58. The van der Waals surface area contributed by atoms with Crippen molar-refractivity contribution in [3.63, 3.8) is 0 Å². The summed E-state index contributed by atoms with van der Waals surface area (Å²) in [7, 11) is 0. The third kappa shape index (κ3) is 4.57. The van der Waals surface area contributed by atoms with E-state index in [4.69, 9.17) is 4.74 Å². The highest BCUT2D eigenvalue weighted by Crippen LogP contribution is 2.40. The Morgan fingerprint density at radius 2 is 1.85 bits per heavy atom. The molecule has 0 spiro atoms. The molecule has 0 bridgehead atoms. The van der Waals surface area contributed by atoms with Crippen molar-refractivity contribution in [1.82, 2.24) is 0 Å². The summed E-state index contributed by atoms with van der Waals surface area (Å²) in [5.74, 6) is -1.39. The topological polar surface area (TPSA) is 96.2 Å². The van der Waals surface area contributed by atoms with Gasteiger partial charge in [-0.25, -0.2) is 9.79 Å². The number of esters is 1. The summed E-state index contributed by atoms with van der Waals surface area (Å²) in [6.07, 6.45) is 1.80. The van der Waals surface area contributed by atoms with Crippen molar-refractivity contribution in [2.75, 3.05) is 6.61 Å². The maximum Gasteiger partial charge on any atom is 0.344 e. The van der Waals surface area contributed by atoms with E-state index in [2.05, 4.69) is 36.9 Å². The molecule has 2 rings (SSSR count). The number of rotatable bonds is 4. The van der Waals surface area contributed by atoms with E-state index in [-0.39, 0.29) is 35.2 Å². The molecule has 26 heavy (non-hydrogen) atoms. The molecule has 0 aliphatic carbocycles. The number of aromatic hydroxyl groups is 1. The van der Waals surface area contributed by atoms with E-state index < -0.39 is 11.9 Å². The summed E-state index contributed by atoms with van der Waals surface area (Å²) < 4.78 is 5.88. The molecule has 0 unspecified atom stereocenters. The number of ether oxygens (including phenoxy) is 1. The van der Waals surface area contributed by atoms with Gasteiger partial charge in [0.25, 0.3) is 0 Å². The second kappa shape index (κ2) is 8.88. The van der Waals surface area contributed by atoms with Crippen LogP contribution in [0, 0.1) is 0 Å². The molecule has 9 heteroatoms. The van der Waals surface area contributed by atoms with E-state index in [0.29, 0.717) is 19.4 Å². The molecular formula is C17H15Br2NO5S. The van der Waals surface area contributed by atoms with Crippen LogP contribution in [0.2, 0.25) is 0 Å². The van der Waals surface area contributed by atoms with Gasteiger partial charge < -0.3 is 14.9 Å². The second-order valence-electron chi connectivity index (χ2n) is 5.05. The number of nitrogens with zero attached hydrogens (tertiary/aromatic N) is 1. The van der Waals surface area contributed by atoms with E-state index in [1.165, 1.54) is 0 Å². The Morgan fingerprint density at radius 3 is 2.38 bits per heavy atom. The molecule has 1 aliphatic rings. The largest absolute Gasteiger partial charge is 0.506 e. The van der Waals surface area contributed by atoms with Crippen molar-refractivity contribution in [2.45, 2.75) is 20.3 Å². The predicted octanol–water partition coefficient (Wildman–Crippen LogP) is 4.72. The fraction of sp³-hybridized carbons (Fsp3) is 0.235. The van der Waals surface area contributed by atoms with Gasteiger partial charge in [-0.2, -0.15) is 0 Å². The summed E-state index contributed by atoms with van der Waals surface area (Å²) in [4.78, 5) is 28.1. The predicted molar refractivity (Wildman–Crippen MR) is 108 cm³/mol. The molecule has 1 aromatic rings. The third-order valence-electron chi connectivity index (χ3n) is 3.24. The second-order valence-corrected chi connectivity index (χ2v) is 7.79. The molecule has 6 nitrogen and oxygen atoms in total. The number of benzene rings is 1. The fourth-order valence-corrected chi connectivity index (χ4v) is 4.26. The highest BCUT2D eigenvalue weighted by molar-refractivity contribution is 9.11. The van der Waals surface area contributed by atoms with Crippen LogP contribution < -0.4 is 0 Å². The average Bonchev–Trinajstić information content (AvgIpc) is 2.88. The fourth-order valence-electron chi connectivity index (χ4n) is 2.00. The Hall–Kier alpha value is -1.58. The number of halogens is 2. The Bertz CT molecular complexity index is 838. The van der Waals surface area contributed by atoms with Crippen LogP contribution in [-0.4, -0.2) is 33.7 Å². The van der Waals surface area contributed by atoms with Crippen LogP contribution >= 0.6 is 43.6 Å². The lowest BCUT2D eigenvalue weighted by atomic mass is 10.1. The summed E-state index contributed by atoms with van der Waals surface area (Å²) >= 11 is 7.48. The van der Waals surface area contributed by atoms with Crippen LogP contribution in [0.4, 0.5) is 0 Å². The van der Waals surface area contributed by atoms with E-state index in [0.717, 1.165) is 11.8 Å². The van der Waals surface area contributed by atoms with Crippen molar-refractivity contribution in [3.8, 4) is 5.75 Å². The van der Waals surface area contributed by atoms with Gasteiger partial charge in [-0.3, -0.25) is 4.79 Å². The first kappa shape index (κ1) is 20.7. The number of carbonyl (C=O) groups excluding carboxylic acids is 2. The Kier molecular flexibility index (Phi) is 7.08. The van der Waals surface area contributed by atoms with Gasteiger partial charge in [0, 0.05) is 6.42 Å². The number of aliphatic hydroxyl groups excluding tert-OH is 1. The SMILES string of the molecule is CCOC(=O)C1=C(O)/C(=C/c2cc(Br)c(O)c(Br)c2)SC1=NC(=O)CC. The Balaban J connectivity index is 2.52. The molecule has 1 aromatic carbocycles. The standard InChI is InChI=1S/C17H15Br2NO5S/c1-3-12(21)20-16-13(17(24)25-4-2)15(23)11(26-16)7-8-5-9(18)14(22)10(19)6-8/h5-7,22-23H,3-4H2,1-2H3/b11-7-,20-16?. The Morgan fingerprint density at radius 1 is 1.23 bits per heavy atom. The minimum absolute atomic E-state index is 0.0500. The quantitative estimate of drug-likeness (QED) is 0.576. The molecule has 0 fully saturated rings. The van der Waals surface area contributed by atoms with Crippen LogP contribution in [0.15, 0.2) is 42.3 Å². The molecule has 0 aromatic heterocycles. The molecule has 2 N–H and O–H groups in total. The molecule has 1 amide bonds.